The molecule has 2 aromatic carbocycles. The fourth-order valence-electron chi connectivity index (χ4n) is 4.16. The summed E-state index contributed by atoms with van der Waals surface area (Å²) in [6.07, 6.45) is -0.114. The van der Waals surface area contributed by atoms with Gasteiger partial charge >= 0.3 is 0 Å². The smallest absolute Gasteiger partial charge is 0.239 e. The molecule has 0 aliphatic carbocycles. The summed E-state index contributed by atoms with van der Waals surface area (Å²) in [6.45, 7) is 4.27. The molecule has 2 aromatic rings. The van der Waals surface area contributed by atoms with Crippen molar-refractivity contribution in [1.82, 2.24) is 4.90 Å². The molecule has 0 aromatic heterocycles. The van der Waals surface area contributed by atoms with Crippen molar-refractivity contribution < 1.29 is 32.5 Å². The van der Waals surface area contributed by atoms with Gasteiger partial charge in [0.05, 0.1) is 25.2 Å². The molecule has 0 spiro atoms. The molecule has 1 amide bonds. The van der Waals surface area contributed by atoms with Crippen LogP contribution in [0.25, 0.3) is 0 Å². The lowest BCUT2D eigenvalue weighted by Gasteiger charge is -2.30. The highest BCUT2D eigenvalue weighted by molar-refractivity contribution is 7.93. The number of morpholine rings is 1. The van der Waals surface area contributed by atoms with Gasteiger partial charge in [0.1, 0.15) is 18.1 Å². The highest BCUT2D eigenvalue weighted by Gasteiger charge is 2.49. The molecule has 3 rings (SSSR count). The molecule has 1 unspecified atom stereocenters. The number of hydrogen-bond acceptors (Lipinski definition) is 8. The summed E-state index contributed by atoms with van der Waals surface area (Å²) in [6, 6.07) is 12.8. The normalized spacial score (nSPS) is 16.4. The standard InChI is InChI=1S/C25H34N2O7S/c1-32-21-7-9-23(10-8-21)35(30,31)25(24(26)29,11-2-15-28)19-20-3-5-22(6-4-20)34-18-14-27-12-16-33-17-13-27/h3-10,28H,2,11-19H2,1H3,(H2,26,29). The van der Waals surface area contributed by atoms with E-state index in [1.165, 1.54) is 31.4 Å². The zero-order chi connectivity index (χ0) is 25.3. The average molecular weight is 507 g/mol. The Hall–Kier alpha value is -2.66. The topological polar surface area (TPSA) is 128 Å². The summed E-state index contributed by atoms with van der Waals surface area (Å²) in [5, 5.41) is 9.40. The summed E-state index contributed by atoms with van der Waals surface area (Å²) >= 11 is 0. The van der Waals surface area contributed by atoms with Crippen LogP contribution in [0.5, 0.6) is 11.5 Å². The highest BCUT2D eigenvalue weighted by atomic mass is 32.2. The van der Waals surface area contributed by atoms with Gasteiger partial charge < -0.3 is 25.1 Å². The first-order chi connectivity index (χ1) is 16.8. The third kappa shape index (κ3) is 6.52. The molecule has 0 bridgehead atoms. The Bertz CT molecular complexity index is 1050. The number of carbonyl (C=O) groups excluding carboxylic acids is 1. The Balaban J connectivity index is 1.78. The number of aliphatic hydroxyl groups excluding tert-OH is 1. The zero-order valence-corrected chi connectivity index (χ0v) is 20.8. The largest absolute Gasteiger partial charge is 0.497 e. The number of sulfone groups is 1. The van der Waals surface area contributed by atoms with Gasteiger partial charge in [-0.1, -0.05) is 12.1 Å². The Labute approximate surface area is 206 Å². The summed E-state index contributed by atoms with van der Waals surface area (Å²) in [4.78, 5) is 15.0. The number of amides is 1. The molecule has 10 heteroatoms. The number of benzene rings is 2. The van der Waals surface area contributed by atoms with Crippen molar-refractivity contribution in [2.45, 2.75) is 28.9 Å². The lowest BCUT2D eigenvalue weighted by molar-refractivity contribution is -0.120. The van der Waals surface area contributed by atoms with E-state index in [1.807, 2.05) is 0 Å². The first-order valence-electron chi connectivity index (χ1n) is 11.6. The van der Waals surface area contributed by atoms with E-state index in [4.69, 9.17) is 19.9 Å². The van der Waals surface area contributed by atoms with Gasteiger partial charge in [0.2, 0.25) is 5.91 Å². The highest BCUT2D eigenvalue weighted by Crippen LogP contribution is 2.35. The van der Waals surface area contributed by atoms with Crippen LogP contribution in [0.2, 0.25) is 0 Å². The fraction of sp³-hybridized carbons (Fsp3) is 0.480. The monoisotopic (exact) mass is 506 g/mol. The van der Waals surface area contributed by atoms with Crippen LogP contribution in [-0.2, 0) is 25.8 Å². The number of nitrogens with zero attached hydrogens (tertiary/aromatic N) is 1. The van der Waals surface area contributed by atoms with Crippen molar-refractivity contribution in [2.75, 3.05) is 53.2 Å². The van der Waals surface area contributed by atoms with E-state index in [0.717, 1.165) is 32.8 Å². The Morgan fingerprint density at radius 3 is 2.29 bits per heavy atom. The maximum absolute atomic E-state index is 13.7. The molecule has 0 radical (unpaired) electrons. The molecule has 9 nitrogen and oxygen atoms in total. The van der Waals surface area contributed by atoms with Crippen molar-refractivity contribution in [2.24, 2.45) is 5.73 Å². The molecule has 1 fully saturated rings. The molecule has 35 heavy (non-hydrogen) atoms. The SMILES string of the molecule is COc1ccc(S(=O)(=O)C(CCCO)(Cc2ccc(OCCN3CCOCC3)cc2)C(N)=O)cc1. The quantitative estimate of drug-likeness (QED) is 0.417. The van der Waals surface area contributed by atoms with Crippen molar-refractivity contribution in [3.05, 3.63) is 54.1 Å². The molecule has 1 aliphatic rings. The van der Waals surface area contributed by atoms with E-state index >= 15 is 0 Å². The van der Waals surface area contributed by atoms with Crippen LogP contribution in [0.1, 0.15) is 18.4 Å². The minimum Gasteiger partial charge on any atom is -0.497 e. The third-order valence-corrected chi connectivity index (χ3v) is 8.74. The predicted octanol–water partition coefficient (Wildman–Crippen LogP) is 1.42. The van der Waals surface area contributed by atoms with E-state index in [1.54, 1.807) is 24.3 Å². The van der Waals surface area contributed by atoms with Gasteiger partial charge in [-0.25, -0.2) is 8.42 Å². The molecule has 0 saturated carbocycles. The summed E-state index contributed by atoms with van der Waals surface area (Å²) in [7, 11) is -2.70. The molecule has 3 N–H and O–H groups in total. The summed E-state index contributed by atoms with van der Waals surface area (Å²) in [5.74, 6) is 0.195. The van der Waals surface area contributed by atoms with Crippen molar-refractivity contribution in [3.8, 4) is 11.5 Å². The van der Waals surface area contributed by atoms with Crippen LogP contribution < -0.4 is 15.2 Å². The van der Waals surface area contributed by atoms with Gasteiger partial charge in [0.15, 0.2) is 14.6 Å². The Morgan fingerprint density at radius 1 is 1.09 bits per heavy atom. The van der Waals surface area contributed by atoms with Gasteiger partial charge in [-0.15, -0.1) is 0 Å². The second kappa shape index (κ2) is 12.3. The molecule has 1 atom stereocenters. The van der Waals surface area contributed by atoms with Crippen molar-refractivity contribution in [3.63, 3.8) is 0 Å². The number of rotatable bonds is 13. The number of primary amides is 1. The fourth-order valence-corrected chi connectivity index (χ4v) is 6.14. The van der Waals surface area contributed by atoms with Crippen molar-refractivity contribution in [1.29, 1.82) is 0 Å². The minimum atomic E-state index is -4.18. The van der Waals surface area contributed by atoms with Crippen LogP contribution >= 0.6 is 0 Å². The maximum atomic E-state index is 13.7. The van der Waals surface area contributed by atoms with Crippen LogP contribution in [0.3, 0.4) is 0 Å². The van der Waals surface area contributed by atoms with Crippen LogP contribution in [0.4, 0.5) is 0 Å². The molecule has 1 aliphatic heterocycles. The van der Waals surface area contributed by atoms with Gasteiger partial charge in [0.25, 0.3) is 0 Å². The number of carbonyl (C=O) groups is 1. The van der Waals surface area contributed by atoms with Crippen LogP contribution in [0, 0.1) is 0 Å². The van der Waals surface area contributed by atoms with Gasteiger partial charge in [-0.2, -0.15) is 0 Å². The van der Waals surface area contributed by atoms with Gasteiger partial charge in [-0.3, -0.25) is 9.69 Å². The lowest BCUT2D eigenvalue weighted by Crippen LogP contribution is -2.52. The minimum absolute atomic E-state index is 0.0295. The summed E-state index contributed by atoms with van der Waals surface area (Å²) in [5.41, 5.74) is 6.37. The maximum Gasteiger partial charge on any atom is 0.239 e. The molecular weight excluding hydrogens is 472 g/mol. The van der Waals surface area contributed by atoms with E-state index < -0.39 is 20.5 Å². The van der Waals surface area contributed by atoms with E-state index in [0.29, 0.717) is 23.7 Å². The van der Waals surface area contributed by atoms with Crippen molar-refractivity contribution >= 4 is 15.7 Å². The Morgan fingerprint density at radius 2 is 1.71 bits per heavy atom. The first kappa shape index (κ1) is 26.9. The van der Waals surface area contributed by atoms with Crippen LogP contribution in [-0.4, -0.2) is 82.3 Å². The van der Waals surface area contributed by atoms with Gasteiger partial charge in [-0.05, 0) is 54.8 Å². The number of ether oxygens (including phenoxy) is 3. The molecule has 1 heterocycles. The second-order valence-corrected chi connectivity index (χ2v) is 10.7. The number of methoxy groups -OCH3 is 1. The van der Waals surface area contributed by atoms with Gasteiger partial charge in [0, 0.05) is 32.7 Å². The lowest BCUT2D eigenvalue weighted by atomic mass is 9.93. The van der Waals surface area contributed by atoms with E-state index in [9.17, 15) is 18.3 Å². The second-order valence-electron chi connectivity index (χ2n) is 8.49. The molecule has 1 saturated heterocycles. The summed E-state index contributed by atoms with van der Waals surface area (Å²) < 4.78 is 41.8. The van der Waals surface area contributed by atoms with E-state index in [2.05, 4.69) is 4.90 Å². The number of nitrogens with two attached hydrogens (primary N) is 1. The zero-order valence-electron chi connectivity index (χ0n) is 20.0. The van der Waals surface area contributed by atoms with E-state index in [-0.39, 0.29) is 30.8 Å². The molecular formula is C25H34N2O7S. The predicted molar refractivity (Wildman–Crippen MR) is 131 cm³/mol. The first-order valence-corrected chi connectivity index (χ1v) is 13.1. The third-order valence-electron chi connectivity index (χ3n) is 6.26. The number of aliphatic hydroxyl groups is 1. The Kier molecular flexibility index (Phi) is 9.50. The average Bonchev–Trinajstić information content (AvgIpc) is 2.88. The molecule has 192 valence electrons. The van der Waals surface area contributed by atoms with Crippen LogP contribution in [0.15, 0.2) is 53.4 Å². The number of hydrogen-bond donors (Lipinski definition) is 2.